The van der Waals surface area contributed by atoms with Crippen molar-refractivity contribution in [2.24, 2.45) is 5.84 Å². The monoisotopic (exact) mass is 259 g/mol. The second kappa shape index (κ2) is 4.55. The first-order valence-corrected chi connectivity index (χ1v) is 4.88. The normalized spacial score (nSPS) is 9.46. The van der Waals surface area contributed by atoms with Crippen molar-refractivity contribution in [2.45, 2.75) is 6.92 Å². The molecule has 0 heterocycles. The Kier molecular flexibility index (Phi) is 3.65. The third-order valence-corrected chi connectivity index (χ3v) is 2.84. The number of thiocarbonyl (C=S) groups is 1. The van der Waals surface area contributed by atoms with Crippen LogP contribution in [-0.2, 0) is 0 Å². The zero-order chi connectivity index (χ0) is 9.84. The van der Waals surface area contributed by atoms with E-state index >= 15 is 0 Å². The van der Waals surface area contributed by atoms with Gasteiger partial charge in [-0.1, -0.05) is 12.1 Å². The highest BCUT2D eigenvalue weighted by Crippen LogP contribution is 2.25. The Hall–Kier alpha value is -0.650. The van der Waals surface area contributed by atoms with Crippen LogP contribution in [0.25, 0.3) is 0 Å². The summed E-state index contributed by atoms with van der Waals surface area (Å²) in [6, 6.07) is 5.87. The summed E-state index contributed by atoms with van der Waals surface area (Å²) < 4.78 is 0.993. The molecule has 0 amide bonds. The number of nitrogens with one attached hydrogen (secondary N) is 2. The number of rotatable bonds is 1. The minimum absolute atomic E-state index is 0.395. The number of hydrogen-bond acceptors (Lipinski definition) is 2. The summed E-state index contributed by atoms with van der Waals surface area (Å²) in [5.41, 5.74) is 4.41. The van der Waals surface area contributed by atoms with Crippen LogP contribution in [0.5, 0.6) is 0 Å². The minimum Gasteiger partial charge on any atom is -0.331 e. The van der Waals surface area contributed by atoms with Gasteiger partial charge in [-0.3, -0.25) is 0 Å². The lowest BCUT2D eigenvalue weighted by molar-refractivity contribution is 1.04. The van der Waals surface area contributed by atoms with Crippen LogP contribution >= 0.6 is 28.1 Å². The summed E-state index contributed by atoms with van der Waals surface area (Å²) >= 11 is 8.32. The zero-order valence-electron chi connectivity index (χ0n) is 7.10. The Morgan fingerprint density at radius 3 is 2.85 bits per heavy atom. The second-order valence-corrected chi connectivity index (χ2v) is 3.74. The van der Waals surface area contributed by atoms with Crippen molar-refractivity contribution >= 4 is 38.9 Å². The molecule has 0 unspecified atom stereocenters. The number of hydrogen-bond donors (Lipinski definition) is 3. The predicted molar refractivity (Wildman–Crippen MR) is 62.4 cm³/mol. The average molecular weight is 260 g/mol. The van der Waals surface area contributed by atoms with Crippen LogP contribution in [0, 0.1) is 6.92 Å². The molecule has 1 aromatic carbocycles. The fourth-order valence-electron chi connectivity index (χ4n) is 0.902. The third-order valence-electron chi connectivity index (χ3n) is 1.57. The van der Waals surface area contributed by atoms with Gasteiger partial charge in [0.2, 0.25) is 0 Å². The summed E-state index contributed by atoms with van der Waals surface area (Å²) in [4.78, 5) is 0. The van der Waals surface area contributed by atoms with Crippen molar-refractivity contribution in [3.8, 4) is 0 Å². The van der Waals surface area contributed by atoms with E-state index in [4.69, 9.17) is 18.1 Å². The second-order valence-electron chi connectivity index (χ2n) is 2.53. The number of nitrogens with two attached hydrogens (primary N) is 1. The van der Waals surface area contributed by atoms with Gasteiger partial charge < -0.3 is 10.7 Å². The van der Waals surface area contributed by atoms with Crippen molar-refractivity contribution < 1.29 is 0 Å². The number of hydrazine groups is 1. The molecule has 1 rings (SSSR count). The molecule has 0 aromatic heterocycles. The van der Waals surface area contributed by atoms with E-state index in [1.54, 1.807) is 0 Å². The maximum Gasteiger partial charge on any atom is 0.185 e. The molecule has 5 heteroatoms. The van der Waals surface area contributed by atoms with E-state index in [2.05, 4.69) is 26.7 Å². The molecular formula is C8H10BrN3S. The van der Waals surface area contributed by atoms with Gasteiger partial charge in [-0.05, 0) is 46.7 Å². The lowest BCUT2D eigenvalue weighted by atomic mass is 10.2. The average Bonchev–Trinajstić information content (AvgIpc) is 2.13. The molecular weight excluding hydrogens is 250 g/mol. The Balaban J connectivity index is 2.89. The van der Waals surface area contributed by atoms with Gasteiger partial charge in [0.25, 0.3) is 0 Å². The molecule has 13 heavy (non-hydrogen) atoms. The van der Waals surface area contributed by atoms with Gasteiger partial charge in [-0.15, -0.1) is 0 Å². The molecule has 0 aliphatic rings. The molecule has 4 N–H and O–H groups in total. The molecule has 0 aliphatic carbocycles. The lowest BCUT2D eigenvalue weighted by Crippen LogP contribution is -2.34. The van der Waals surface area contributed by atoms with Crippen molar-refractivity contribution in [1.29, 1.82) is 0 Å². The van der Waals surface area contributed by atoms with Crippen LogP contribution in [0.2, 0.25) is 0 Å². The number of anilines is 1. The van der Waals surface area contributed by atoms with Gasteiger partial charge in [0.1, 0.15) is 0 Å². The van der Waals surface area contributed by atoms with Gasteiger partial charge >= 0.3 is 0 Å². The standard InChI is InChI=1S/C8H10BrN3S/c1-5-3-2-4-6(7(5)9)11-8(13)12-10/h2-4H,10H2,1H3,(H2,11,12,13). The first kappa shape index (κ1) is 10.4. The highest BCUT2D eigenvalue weighted by atomic mass is 79.9. The first-order chi connectivity index (χ1) is 6.15. The van der Waals surface area contributed by atoms with E-state index in [1.807, 2.05) is 25.1 Å². The Morgan fingerprint density at radius 1 is 1.54 bits per heavy atom. The topological polar surface area (TPSA) is 50.1 Å². The van der Waals surface area contributed by atoms with Crippen LogP contribution in [0.3, 0.4) is 0 Å². The van der Waals surface area contributed by atoms with E-state index < -0.39 is 0 Å². The number of halogens is 1. The molecule has 0 saturated carbocycles. The van der Waals surface area contributed by atoms with E-state index in [0.29, 0.717) is 5.11 Å². The molecule has 1 aromatic rings. The molecule has 0 spiro atoms. The quantitative estimate of drug-likeness (QED) is 0.410. The Labute approximate surface area is 90.8 Å². The summed E-state index contributed by atoms with van der Waals surface area (Å²) in [6.45, 7) is 2.01. The van der Waals surface area contributed by atoms with Crippen molar-refractivity contribution in [2.75, 3.05) is 5.32 Å². The van der Waals surface area contributed by atoms with Crippen LogP contribution in [0.4, 0.5) is 5.69 Å². The van der Waals surface area contributed by atoms with E-state index in [0.717, 1.165) is 15.7 Å². The highest BCUT2D eigenvalue weighted by molar-refractivity contribution is 9.10. The fourth-order valence-corrected chi connectivity index (χ4v) is 1.38. The maximum absolute atomic E-state index is 5.14. The van der Waals surface area contributed by atoms with Gasteiger partial charge in [-0.25, -0.2) is 5.84 Å². The molecule has 0 bridgehead atoms. The van der Waals surface area contributed by atoms with E-state index in [9.17, 15) is 0 Å². The Morgan fingerprint density at radius 2 is 2.23 bits per heavy atom. The molecule has 0 radical (unpaired) electrons. The van der Waals surface area contributed by atoms with Crippen molar-refractivity contribution in [3.05, 3.63) is 28.2 Å². The summed E-state index contributed by atoms with van der Waals surface area (Å²) in [6.07, 6.45) is 0. The first-order valence-electron chi connectivity index (χ1n) is 3.68. The van der Waals surface area contributed by atoms with Crippen molar-refractivity contribution in [1.82, 2.24) is 5.43 Å². The lowest BCUT2D eigenvalue weighted by Gasteiger charge is -2.09. The summed E-state index contributed by atoms with van der Waals surface area (Å²) in [5, 5.41) is 3.34. The Bertz CT molecular complexity index is 327. The summed E-state index contributed by atoms with van der Waals surface area (Å²) in [5.74, 6) is 5.14. The molecule has 0 atom stereocenters. The van der Waals surface area contributed by atoms with Gasteiger partial charge in [0, 0.05) is 4.47 Å². The number of aryl methyl sites for hydroxylation is 1. The molecule has 70 valence electrons. The largest absolute Gasteiger partial charge is 0.331 e. The van der Waals surface area contributed by atoms with Crippen LogP contribution < -0.4 is 16.6 Å². The SMILES string of the molecule is Cc1cccc(NC(=S)NN)c1Br. The van der Waals surface area contributed by atoms with Crippen molar-refractivity contribution in [3.63, 3.8) is 0 Å². The zero-order valence-corrected chi connectivity index (χ0v) is 9.50. The maximum atomic E-state index is 5.14. The van der Waals surface area contributed by atoms with Gasteiger partial charge in [0.05, 0.1) is 5.69 Å². The van der Waals surface area contributed by atoms with Gasteiger partial charge in [0.15, 0.2) is 5.11 Å². The summed E-state index contributed by atoms with van der Waals surface area (Å²) in [7, 11) is 0. The fraction of sp³-hybridized carbons (Fsp3) is 0.125. The smallest absolute Gasteiger partial charge is 0.185 e. The predicted octanol–water partition coefficient (Wildman–Crippen LogP) is 1.92. The van der Waals surface area contributed by atoms with Crippen LogP contribution in [0.15, 0.2) is 22.7 Å². The third kappa shape index (κ3) is 2.65. The number of benzene rings is 1. The minimum atomic E-state index is 0.395. The molecule has 3 nitrogen and oxygen atoms in total. The van der Waals surface area contributed by atoms with Crippen LogP contribution in [-0.4, -0.2) is 5.11 Å². The highest BCUT2D eigenvalue weighted by Gasteiger charge is 2.02. The van der Waals surface area contributed by atoms with E-state index in [1.165, 1.54) is 0 Å². The van der Waals surface area contributed by atoms with E-state index in [-0.39, 0.29) is 0 Å². The molecule has 0 saturated heterocycles. The molecule has 0 fully saturated rings. The molecule has 0 aliphatic heterocycles. The van der Waals surface area contributed by atoms with Gasteiger partial charge in [-0.2, -0.15) is 0 Å². The van der Waals surface area contributed by atoms with Crippen LogP contribution in [0.1, 0.15) is 5.56 Å².